The van der Waals surface area contributed by atoms with Gasteiger partial charge in [0, 0.05) is 6.04 Å². The summed E-state index contributed by atoms with van der Waals surface area (Å²) in [5.74, 6) is 0.0641. The van der Waals surface area contributed by atoms with E-state index in [1.807, 2.05) is 19.9 Å². The first-order valence-electron chi connectivity index (χ1n) is 4.23. The standard InChI is InChI=1S/C10H13BrFN/c1-6(2)10(13)7-3-4-8(11)9(12)5-7/h3-6,10H,13H2,1-2H3/t10-/m0/s1. The fourth-order valence-electron chi connectivity index (χ4n) is 1.10. The predicted molar refractivity (Wildman–Crippen MR) is 55.9 cm³/mol. The second-order valence-electron chi connectivity index (χ2n) is 3.44. The van der Waals surface area contributed by atoms with Crippen molar-refractivity contribution in [2.45, 2.75) is 19.9 Å². The molecule has 1 atom stereocenters. The number of nitrogens with two attached hydrogens (primary N) is 1. The van der Waals surface area contributed by atoms with Gasteiger partial charge in [-0.25, -0.2) is 4.39 Å². The SMILES string of the molecule is CC(C)[C@H](N)c1ccc(Br)c(F)c1. The van der Waals surface area contributed by atoms with E-state index >= 15 is 0 Å². The average molecular weight is 246 g/mol. The lowest BCUT2D eigenvalue weighted by molar-refractivity contribution is 0.509. The Kier molecular flexibility index (Phi) is 3.45. The number of rotatable bonds is 2. The highest BCUT2D eigenvalue weighted by Gasteiger charge is 2.11. The van der Waals surface area contributed by atoms with Gasteiger partial charge in [0.1, 0.15) is 5.82 Å². The van der Waals surface area contributed by atoms with Crippen molar-refractivity contribution >= 4 is 15.9 Å². The summed E-state index contributed by atoms with van der Waals surface area (Å²) in [4.78, 5) is 0. The van der Waals surface area contributed by atoms with Crippen LogP contribution in [-0.2, 0) is 0 Å². The van der Waals surface area contributed by atoms with E-state index in [0.29, 0.717) is 10.4 Å². The Balaban J connectivity index is 2.97. The highest BCUT2D eigenvalue weighted by atomic mass is 79.9. The minimum absolute atomic E-state index is 0.0948. The van der Waals surface area contributed by atoms with Gasteiger partial charge in [0.15, 0.2) is 0 Å². The van der Waals surface area contributed by atoms with Gasteiger partial charge in [-0.2, -0.15) is 0 Å². The van der Waals surface area contributed by atoms with Crippen molar-refractivity contribution < 1.29 is 4.39 Å². The molecule has 0 aliphatic carbocycles. The third-order valence-electron chi connectivity index (χ3n) is 2.05. The molecule has 0 radical (unpaired) electrons. The number of hydrogen-bond donors (Lipinski definition) is 1. The molecule has 0 saturated heterocycles. The molecular weight excluding hydrogens is 233 g/mol. The summed E-state index contributed by atoms with van der Waals surface area (Å²) in [7, 11) is 0. The van der Waals surface area contributed by atoms with E-state index < -0.39 is 0 Å². The molecule has 0 fully saturated rings. The molecular formula is C10H13BrFN. The van der Waals surface area contributed by atoms with Crippen LogP contribution in [0.4, 0.5) is 4.39 Å². The molecule has 1 aromatic rings. The van der Waals surface area contributed by atoms with Crippen LogP contribution >= 0.6 is 15.9 Å². The average Bonchev–Trinajstić information content (AvgIpc) is 2.08. The van der Waals surface area contributed by atoms with Crippen molar-refractivity contribution in [1.29, 1.82) is 0 Å². The Hall–Kier alpha value is -0.410. The zero-order valence-corrected chi connectivity index (χ0v) is 9.31. The minimum atomic E-state index is -0.256. The highest BCUT2D eigenvalue weighted by Crippen LogP contribution is 2.23. The van der Waals surface area contributed by atoms with Crippen LogP contribution in [-0.4, -0.2) is 0 Å². The van der Waals surface area contributed by atoms with E-state index in [4.69, 9.17) is 5.73 Å². The summed E-state index contributed by atoms with van der Waals surface area (Å²) >= 11 is 3.10. The summed E-state index contributed by atoms with van der Waals surface area (Å²) < 4.78 is 13.6. The van der Waals surface area contributed by atoms with Crippen molar-refractivity contribution in [1.82, 2.24) is 0 Å². The molecule has 2 N–H and O–H groups in total. The third kappa shape index (κ3) is 2.51. The van der Waals surface area contributed by atoms with Crippen LogP contribution in [0.5, 0.6) is 0 Å². The molecule has 0 amide bonds. The summed E-state index contributed by atoms with van der Waals surface area (Å²) in [5.41, 5.74) is 6.72. The van der Waals surface area contributed by atoms with Gasteiger partial charge in [-0.15, -0.1) is 0 Å². The molecule has 1 aromatic carbocycles. The van der Waals surface area contributed by atoms with Crippen molar-refractivity contribution in [2.75, 3.05) is 0 Å². The van der Waals surface area contributed by atoms with Crippen molar-refractivity contribution in [3.8, 4) is 0 Å². The fraction of sp³-hybridized carbons (Fsp3) is 0.400. The number of hydrogen-bond acceptors (Lipinski definition) is 1. The largest absolute Gasteiger partial charge is 0.324 e. The van der Waals surface area contributed by atoms with Gasteiger partial charge in [0.2, 0.25) is 0 Å². The summed E-state index contributed by atoms with van der Waals surface area (Å²) in [6.45, 7) is 4.04. The predicted octanol–water partition coefficient (Wildman–Crippen LogP) is 3.24. The Morgan fingerprint density at radius 1 is 1.38 bits per heavy atom. The first kappa shape index (κ1) is 10.7. The van der Waals surface area contributed by atoms with Gasteiger partial charge < -0.3 is 5.73 Å². The van der Waals surface area contributed by atoms with Crippen LogP contribution in [0.2, 0.25) is 0 Å². The molecule has 72 valence electrons. The van der Waals surface area contributed by atoms with E-state index in [1.54, 1.807) is 6.07 Å². The van der Waals surface area contributed by atoms with Crippen LogP contribution in [0.3, 0.4) is 0 Å². The Morgan fingerprint density at radius 2 is 2.00 bits per heavy atom. The third-order valence-corrected chi connectivity index (χ3v) is 2.69. The maximum absolute atomic E-state index is 13.1. The van der Waals surface area contributed by atoms with Gasteiger partial charge in [0.25, 0.3) is 0 Å². The molecule has 0 spiro atoms. The molecule has 0 aromatic heterocycles. The topological polar surface area (TPSA) is 26.0 Å². The number of benzene rings is 1. The summed E-state index contributed by atoms with van der Waals surface area (Å²) in [6, 6.07) is 4.92. The van der Waals surface area contributed by atoms with Crippen molar-refractivity contribution in [3.05, 3.63) is 34.1 Å². The van der Waals surface area contributed by atoms with Gasteiger partial charge >= 0.3 is 0 Å². The van der Waals surface area contributed by atoms with Gasteiger partial charge in [-0.1, -0.05) is 19.9 Å². The van der Waals surface area contributed by atoms with E-state index in [-0.39, 0.29) is 11.9 Å². The molecule has 0 unspecified atom stereocenters. The van der Waals surface area contributed by atoms with Crippen LogP contribution in [0.15, 0.2) is 22.7 Å². The normalized spacial score (nSPS) is 13.4. The van der Waals surface area contributed by atoms with Crippen LogP contribution in [0.1, 0.15) is 25.5 Å². The zero-order valence-electron chi connectivity index (χ0n) is 7.72. The first-order valence-corrected chi connectivity index (χ1v) is 5.02. The lowest BCUT2D eigenvalue weighted by Crippen LogP contribution is -2.16. The Morgan fingerprint density at radius 3 is 2.46 bits per heavy atom. The lowest BCUT2D eigenvalue weighted by Gasteiger charge is -2.15. The smallest absolute Gasteiger partial charge is 0.137 e. The van der Waals surface area contributed by atoms with Gasteiger partial charge in [-0.3, -0.25) is 0 Å². The first-order chi connectivity index (χ1) is 6.02. The monoisotopic (exact) mass is 245 g/mol. The zero-order chi connectivity index (χ0) is 10.0. The summed E-state index contributed by atoms with van der Waals surface area (Å²) in [5, 5.41) is 0. The van der Waals surface area contributed by atoms with Gasteiger partial charge in [0.05, 0.1) is 4.47 Å². The maximum Gasteiger partial charge on any atom is 0.137 e. The van der Waals surface area contributed by atoms with Crippen molar-refractivity contribution in [3.63, 3.8) is 0 Å². The summed E-state index contributed by atoms with van der Waals surface area (Å²) in [6.07, 6.45) is 0. The second-order valence-corrected chi connectivity index (χ2v) is 4.30. The fourth-order valence-corrected chi connectivity index (χ4v) is 1.35. The molecule has 0 aliphatic rings. The van der Waals surface area contributed by atoms with E-state index in [2.05, 4.69) is 15.9 Å². The molecule has 0 aliphatic heterocycles. The Labute approximate surface area is 86.3 Å². The van der Waals surface area contributed by atoms with E-state index in [9.17, 15) is 4.39 Å². The van der Waals surface area contributed by atoms with Crippen LogP contribution in [0.25, 0.3) is 0 Å². The molecule has 0 saturated carbocycles. The molecule has 0 bridgehead atoms. The molecule has 0 heterocycles. The van der Waals surface area contributed by atoms with E-state index in [0.717, 1.165) is 5.56 Å². The number of halogens is 2. The second kappa shape index (κ2) is 4.20. The van der Waals surface area contributed by atoms with Gasteiger partial charge in [-0.05, 0) is 39.5 Å². The molecule has 1 nitrogen and oxygen atoms in total. The minimum Gasteiger partial charge on any atom is -0.324 e. The molecule has 3 heteroatoms. The molecule has 1 rings (SSSR count). The quantitative estimate of drug-likeness (QED) is 0.851. The Bertz CT molecular complexity index is 299. The maximum atomic E-state index is 13.1. The van der Waals surface area contributed by atoms with Crippen LogP contribution in [0, 0.1) is 11.7 Å². The molecule has 13 heavy (non-hydrogen) atoms. The highest BCUT2D eigenvalue weighted by molar-refractivity contribution is 9.10. The van der Waals surface area contributed by atoms with E-state index in [1.165, 1.54) is 6.07 Å². The lowest BCUT2D eigenvalue weighted by atomic mass is 9.97. The van der Waals surface area contributed by atoms with Crippen LogP contribution < -0.4 is 5.73 Å². The van der Waals surface area contributed by atoms with Crippen molar-refractivity contribution in [2.24, 2.45) is 11.7 Å².